The number of hydrogen-bond donors (Lipinski definition) is 0. The highest BCUT2D eigenvalue weighted by Gasteiger charge is 2.05. The number of aromatic nitrogens is 2. The van der Waals surface area contributed by atoms with Crippen molar-refractivity contribution in [3.05, 3.63) is 18.0 Å². The normalized spacial score (nSPS) is 10.2. The molecule has 1 heterocycles. The monoisotopic (exact) mass is 180 g/mol. The second kappa shape index (κ2) is 3.98. The third-order valence-electron chi connectivity index (χ3n) is 1.34. The first kappa shape index (κ1) is 9.64. The van der Waals surface area contributed by atoms with Crippen LogP contribution in [0.2, 0.25) is 0 Å². The first-order valence-electron chi connectivity index (χ1n) is 4.10. The Bertz CT molecular complexity index is 310. The fourth-order valence-electron chi connectivity index (χ4n) is 0.804. The smallest absolute Gasteiger partial charge is 0.317 e. The third kappa shape index (κ3) is 2.82. The predicted molar refractivity (Wildman–Crippen MR) is 47.8 cm³/mol. The molecule has 0 aliphatic carbocycles. The van der Waals surface area contributed by atoms with Gasteiger partial charge in [-0.05, 0) is 19.9 Å². The van der Waals surface area contributed by atoms with Crippen LogP contribution in [0.25, 0.3) is 0 Å². The molecule has 1 aromatic rings. The molecule has 0 atom stereocenters. The van der Waals surface area contributed by atoms with E-state index >= 15 is 0 Å². The lowest BCUT2D eigenvalue weighted by atomic mass is 10.3. The molecule has 4 heteroatoms. The van der Waals surface area contributed by atoms with Crippen molar-refractivity contribution in [3.8, 4) is 6.01 Å². The molecule has 1 rings (SSSR count). The molecule has 0 N–H and O–H groups in total. The van der Waals surface area contributed by atoms with Gasteiger partial charge < -0.3 is 4.74 Å². The highest BCUT2D eigenvalue weighted by atomic mass is 16.5. The molecule has 0 amide bonds. The molecule has 0 fully saturated rings. The summed E-state index contributed by atoms with van der Waals surface area (Å²) in [5.74, 6) is -0.0870. The van der Waals surface area contributed by atoms with E-state index in [1.165, 1.54) is 13.1 Å². The molecule has 0 bridgehead atoms. The van der Waals surface area contributed by atoms with E-state index in [1.807, 2.05) is 13.8 Å². The average molecular weight is 180 g/mol. The Labute approximate surface area is 77.0 Å². The van der Waals surface area contributed by atoms with Gasteiger partial charge in [-0.2, -0.15) is 4.98 Å². The number of ketones is 1. The molecule has 0 aliphatic rings. The minimum Gasteiger partial charge on any atom is -0.461 e. The van der Waals surface area contributed by atoms with E-state index < -0.39 is 0 Å². The lowest BCUT2D eigenvalue weighted by molar-refractivity contribution is 0.101. The molecule has 0 saturated carbocycles. The SMILES string of the molecule is CC(=O)c1ccnc(OC(C)C)n1. The van der Waals surface area contributed by atoms with E-state index in [0.29, 0.717) is 5.69 Å². The average Bonchev–Trinajstić information content (AvgIpc) is 2.03. The van der Waals surface area contributed by atoms with Gasteiger partial charge in [0.15, 0.2) is 5.78 Å². The summed E-state index contributed by atoms with van der Waals surface area (Å²) in [6.07, 6.45) is 1.53. The van der Waals surface area contributed by atoms with E-state index in [0.717, 1.165) is 0 Å². The van der Waals surface area contributed by atoms with Crippen molar-refractivity contribution in [2.45, 2.75) is 26.9 Å². The lowest BCUT2D eigenvalue weighted by Gasteiger charge is -2.06. The molecule has 0 aromatic carbocycles. The van der Waals surface area contributed by atoms with E-state index in [1.54, 1.807) is 6.07 Å². The molecule has 0 spiro atoms. The summed E-state index contributed by atoms with van der Waals surface area (Å²) >= 11 is 0. The van der Waals surface area contributed by atoms with Crippen LogP contribution in [0.1, 0.15) is 31.3 Å². The summed E-state index contributed by atoms with van der Waals surface area (Å²) in [5, 5.41) is 0. The molecule has 13 heavy (non-hydrogen) atoms. The highest BCUT2D eigenvalue weighted by Crippen LogP contribution is 2.05. The number of carbonyl (C=O) groups is 1. The maximum absolute atomic E-state index is 10.9. The second-order valence-electron chi connectivity index (χ2n) is 2.95. The minimum atomic E-state index is -0.0870. The molecule has 70 valence electrons. The Kier molecular flexibility index (Phi) is 2.95. The van der Waals surface area contributed by atoms with Crippen molar-refractivity contribution in [2.24, 2.45) is 0 Å². The fourth-order valence-corrected chi connectivity index (χ4v) is 0.804. The Morgan fingerprint density at radius 2 is 2.23 bits per heavy atom. The summed E-state index contributed by atoms with van der Waals surface area (Å²) in [5.41, 5.74) is 0.380. The zero-order valence-electron chi connectivity index (χ0n) is 7.94. The van der Waals surface area contributed by atoms with Crippen LogP contribution in [0.3, 0.4) is 0 Å². The van der Waals surface area contributed by atoms with E-state index in [4.69, 9.17) is 4.74 Å². The fraction of sp³-hybridized carbons (Fsp3) is 0.444. The number of ether oxygens (including phenoxy) is 1. The molecule has 0 unspecified atom stereocenters. The van der Waals surface area contributed by atoms with Crippen LogP contribution in [-0.4, -0.2) is 21.9 Å². The topological polar surface area (TPSA) is 52.1 Å². The Morgan fingerprint density at radius 1 is 1.54 bits per heavy atom. The van der Waals surface area contributed by atoms with Gasteiger partial charge in [0.25, 0.3) is 0 Å². The van der Waals surface area contributed by atoms with Crippen LogP contribution in [0.4, 0.5) is 0 Å². The van der Waals surface area contributed by atoms with Gasteiger partial charge in [-0.15, -0.1) is 0 Å². The number of carbonyl (C=O) groups excluding carboxylic acids is 1. The van der Waals surface area contributed by atoms with Crippen molar-refractivity contribution < 1.29 is 9.53 Å². The summed E-state index contributed by atoms with van der Waals surface area (Å²) in [4.78, 5) is 18.7. The van der Waals surface area contributed by atoms with E-state index in [9.17, 15) is 4.79 Å². The molecule has 0 radical (unpaired) electrons. The van der Waals surface area contributed by atoms with Crippen LogP contribution >= 0.6 is 0 Å². The predicted octanol–water partition coefficient (Wildman–Crippen LogP) is 1.47. The maximum Gasteiger partial charge on any atom is 0.317 e. The van der Waals surface area contributed by atoms with Gasteiger partial charge in [-0.25, -0.2) is 4.98 Å². The minimum absolute atomic E-state index is 0.0159. The van der Waals surface area contributed by atoms with Crippen molar-refractivity contribution in [3.63, 3.8) is 0 Å². The third-order valence-corrected chi connectivity index (χ3v) is 1.34. The van der Waals surface area contributed by atoms with Gasteiger partial charge >= 0.3 is 6.01 Å². The maximum atomic E-state index is 10.9. The van der Waals surface area contributed by atoms with Gasteiger partial charge in [0.05, 0.1) is 6.10 Å². The number of nitrogens with zero attached hydrogens (tertiary/aromatic N) is 2. The van der Waals surface area contributed by atoms with E-state index in [2.05, 4.69) is 9.97 Å². The van der Waals surface area contributed by atoms with Crippen molar-refractivity contribution in [1.82, 2.24) is 9.97 Å². The highest BCUT2D eigenvalue weighted by molar-refractivity contribution is 5.91. The van der Waals surface area contributed by atoms with Crippen molar-refractivity contribution >= 4 is 5.78 Å². The van der Waals surface area contributed by atoms with Crippen LogP contribution in [-0.2, 0) is 0 Å². The van der Waals surface area contributed by atoms with Crippen LogP contribution in [0.5, 0.6) is 6.01 Å². The Morgan fingerprint density at radius 3 is 2.77 bits per heavy atom. The van der Waals surface area contributed by atoms with Crippen LogP contribution in [0, 0.1) is 0 Å². The van der Waals surface area contributed by atoms with Crippen LogP contribution in [0.15, 0.2) is 12.3 Å². The summed E-state index contributed by atoms with van der Waals surface area (Å²) < 4.78 is 5.23. The molecule has 0 aliphatic heterocycles. The van der Waals surface area contributed by atoms with Gasteiger partial charge in [-0.1, -0.05) is 0 Å². The van der Waals surface area contributed by atoms with Gasteiger partial charge in [0.2, 0.25) is 0 Å². The molecule has 1 aromatic heterocycles. The summed E-state index contributed by atoms with van der Waals surface area (Å²) in [7, 11) is 0. The first-order chi connectivity index (χ1) is 6.09. The largest absolute Gasteiger partial charge is 0.461 e. The Hall–Kier alpha value is -1.45. The molecule has 0 saturated heterocycles. The number of rotatable bonds is 3. The zero-order valence-corrected chi connectivity index (χ0v) is 7.94. The number of hydrogen-bond acceptors (Lipinski definition) is 4. The van der Waals surface area contributed by atoms with Crippen LogP contribution < -0.4 is 4.74 Å². The summed E-state index contributed by atoms with van der Waals surface area (Å²) in [6, 6.07) is 1.82. The van der Waals surface area contributed by atoms with Gasteiger partial charge in [-0.3, -0.25) is 4.79 Å². The second-order valence-corrected chi connectivity index (χ2v) is 2.95. The van der Waals surface area contributed by atoms with Crippen molar-refractivity contribution in [2.75, 3.05) is 0 Å². The van der Waals surface area contributed by atoms with E-state index in [-0.39, 0.29) is 17.9 Å². The molecular weight excluding hydrogens is 168 g/mol. The molecule has 4 nitrogen and oxygen atoms in total. The standard InChI is InChI=1S/C9H12N2O2/c1-6(2)13-9-10-5-4-8(11-9)7(3)12/h4-6H,1-3H3. The summed E-state index contributed by atoms with van der Waals surface area (Å²) in [6.45, 7) is 5.22. The Balaban J connectivity index is 2.85. The lowest BCUT2D eigenvalue weighted by Crippen LogP contribution is -2.09. The van der Waals surface area contributed by atoms with Gasteiger partial charge in [0.1, 0.15) is 5.69 Å². The van der Waals surface area contributed by atoms with Crippen molar-refractivity contribution in [1.29, 1.82) is 0 Å². The van der Waals surface area contributed by atoms with Gasteiger partial charge in [0, 0.05) is 13.1 Å². The quantitative estimate of drug-likeness (QED) is 0.661. The number of Topliss-reactive ketones (excluding diaryl/α,β-unsaturated/α-hetero) is 1. The molecular formula is C9H12N2O2. The first-order valence-corrected chi connectivity index (χ1v) is 4.10. The zero-order chi connectivity index (χ0) is 9.84.